The van der Waals surface area contributed by atoms with Crippen LogP contribution >= 0.6 is 0 Å². The van der Waals surface area contributed by atoms with Crippen LogP contribution in [0.2, 0.25) is 0 Å². The van der Waals surface area contributed by atoms with Gasteiger partial charge in [0.15, 0.2) is 0 Å². The maximum Gasteiger partial charge on any atom is 0.340 e. The summed E-state index contributed by atoms with van der Waals surface area (Å²) in [6.45, 7) is 0. The Hall–Kier alpha value is -4.21. The number of rotatable bonds is 5. The van der Waals surface area contributed by atoms with E-state index in [9.17, 15) is 4.79 Å². The SMILES string of the molecule is C#CCC1(CC#C)Cc2cc(-c3ccccc3)c(-n3cc(C(=O)OC)c4ccccc43)cc2C1. The van der Waals surface area contributed by atoms with Crippen LogP contribution in [0.15, 0.2) is 72.9 Å². The van der Waals surface area contributed by atoms with E-state index in [0.29, 0.717) is 18.4 Å². The van der Waals surface area contributed by atoms with Crippen molar-refractivity contribution < 1.29 is 9.53 Å². The summed E-state index contributed by atoms with van der Waals surface area (Å²) < 4.78 is 7.18. The minimum Gasteiger partial charge on any atom is -0.465 e. The molecular formula is C31H25NO2. The summed E-state index contributed by atoms with van der Waals surface area (Å²) >= 11 is 0. The van der Waals surface area contributed by atoms with Gasteiger partial charge in [-0.25, -0.2) is 4.79 Å². The molecule has 0 aliphatic heterocycles. The number of nitrogens with zero attached hydrogens (tertiary/aromatic N) is 1. The van der Waals surface area contributed by atoms with Gasteiger partial charge in [0.25, 0.3) is 0 Å². The van der Waals surface area contributed by atoms with Crippen LogP contribution in [0.5, 0.6) is 0 Å². The molecule has 0 radical (unpaired) electrons. The molecule has 166 valence electrons. The first-order valence-corrected chi connectivity index (χ1v) is 11.4. The summed E-state index contributed by atoms with van der Waals surface area (Å²) in [5.74, 6) is 5.37. The van der Waals surface area contributed by atoms with Gasteiger partial charge in [-0.05, 0) is 47.7 Å². The second-order valence-electron chi connectivity index (χ2n) is 9.04. The summed E-state index contributed by atoms with van der Waals surface area (Å²) in [7, 11) is 1.41. The summed E-state index contributed by atoms with van der Waals surface area (Å²) in [5, 5.41) is 0.864. The van der Waals surface area contributed by atoms with Gasteiger partial charge >= 0.3 is 5.97 Å². The van der Waals surface area contributed by atoms with Gasteiger partial charge in [0, 0.05) is 35.4 Å². The van der Waals surface area contributed by atoms with Crippen LogP contribution in [-0.2, 0) is 17.6 Å². The molecule has 0 spiro atoms. The summed E-state index contributed by atoms with van der Waals surface area (Å²) in [4.78, 5) is 12.6. The van der Waals surface area contributed by atoms with E-state index in [4.69, 9.17) is 17.6 Å². The molecule has 1 aliphatic rings. The largest absolute Gasteiger partial charge is 0.465 e. The van der Waals surface area contributed by atoms with Crippen molar-refractivity contribution in [2.45, 2.75) is 25.7 Å². The second-order valence-corrected chi connectivity index (χ2v) is 9.04. The molecule has 34 heavy (non-hydrogen) atoms. The molecule has 1 aromatic heterocycles. The van der Waals surface area contributed by atoms with E-state index in [1.807, 2.05) is 48.7 Å². The van der Waals surface area contributed by atoms with E-state index < -0.39 is 0 Å². The van der Waals surface area contributed by atoms with Crippen molar-refractivity contribution in [2.75, 3.05) is 7.11 Å². The Morgan fingerprint density at radius 2 is 1.62 bits per heavy atom. The zero-order valence-electron chi connectivity index (χ0n) is 19.2. The number of aromatic nitrogens is 1. The summed E-state index contributed by atoms with van der Waals surface area (Å²) in [6.07, 6.45) is 16.4. The zero-order valence-corrected chi connectivity index (χ0v) is 19.2. The third-order valence-corrected chi connectivity index (χ3v) is 6.86. The van der Waals surface area contributed by atoms with E-state index in [2.05, 4.69) is 40.7 Å². The number of terminal acetylenes is 2. The first kappa shape index (κ1) is 21.6. The van der Waals surface area contributed by atoms with Gasteiger partial charge in [-0.1, -0.05) is 48.5 Å². The minimum atomic E-state index is -0.348. The number of para-hydroxylation sites is 1. The topological polar surface area (TPSA) is 31.2 Å². The van der Waals surface area contributed by atoms with E-state index >= 15 is 0 Å². The van der Waals surface area contributed by atoms with E-state index in [1.165, 1.54) is 18.2 Å². The van der Waals surface area contributed by atoms with Crippen LogP contribution in [0.4, 0.5) is 0 Å². The van der Waals surface area contributed by atoms with E-state index in [-0.39, 0.29) is 11.4 Å². The van der Waals surface area contributed by atoms with Crippen molar-refractivity contribution in [3.05, 3.63) is 89.6 Å². The first-order chi connectivity index (χ1) is 16.6. The third-order valence-electron chi connectivity index (χ3n) is 6.86. The highest BCUT2D eigenvalue weighted by atomic mass is 16.5. The number of carbonyl (C=O) groups excluding carboxylic acids is 1. The highest BCUT2D eigenvalue weighted by molar-refractivity contribution is 6.05. The smallest absolute Gasteiger partial charge is 0.340 e. The molecular weight excluding hydrogens is 418 g/mol. The highest BCUT2D eigenvalue weighted by Crippen LogP contribution is 2.45. The molecule has 1 aliphatic carbocycles. The fourth-order valence-electron chi connectivity index (χ4n) is 5.32. The molecule has 0 saturated carbocycles. The number of carbonyl (C=O) groups is 1. The Labute approximate surface area is 200 Å². The molecule has 0 amide bonds. The van der Waals surface area contributed by atoms with Crippen molar-refractivity contribution >= 4 is 16.9 Å². The van der Waals surface area contributed by atoms with Crippen LogP contribution in [0.1, 0.15) is 34.3 Å². The zero-order chi connectivity index (χ0) is 23.7. The third kappa shape index (κ3) is 3.57. The molecule has 0 fully saturated rings. The molecule has 0 bridgehead atoms. The fourth-order valence-corrected chi connectivity index (χ4v) is 5.32. The molecule has 0 atom stereocenters. The monoisotopic (exact) mass is 443 g/mol. The molecule has 4 aromatic rings. The highest BCUT2D eigenvalue weighted by Gasteiger charge is 2.37. The minimum absolute atomic E-state index is 0.103. The lowest BCUT2D eigenvalue weighted by Gasteiger charge is -2.23. The number of hydrogen-bond acceptors (Lipinski definition) is 2. The number of hydrogen-bond donors (Lipinski definition) is 0. The van der Waals surface area contributed by atoms with Gasteiger partial charge in [-0.2, -0.15) is 0 Å². The lowest BCUT2D eigenvalue weighted by molar-refractivity contribution is 0.0603. The maximum atomic E-state index is 12.6. The summed E-state index contributed by atoms with van der Waals surface area (Å²) in [5.41, 5.74) is 7.19. The Morgan fingerprint density at radius 1 is 0.971 bits per heavy atom. The molecule has 3 heteroatoms. The van der Waals surface area contributed by atoms with Gasteiger partial charge in [0.1, 0.15) is 0 Å². The van der Waals surface area contributed by atoms with E-state index in [1.54, 1.807) is 0 Å². The maximum absolute atomic E-state index is 12.6. The van der Waals surface area contributed by atoms with Gasteiger partial charge in [-0.3, -0.25) is 0 Å². The lowest BCUT2D eigenvalue weighted by Crippen LogP contribution is -2.20. The second kappa shape index (κ2) is 8.62. The fraction of sp³-hybridized carbons (Fsp3) is 0.194. The molecule has 0 unspecified atom stereocenters. The quantitative estimate of drug-likeness (QED) is 0.271. The molecule has 3 nitrogen and oxygen atoms in total. The number of benzene rings is 3. The normalized spacial score (nSPS) is 13.7. The van der Waals surface area contributed by atoms with Crippen molar-refractivity contribution in [3.8, 4) is 41.5 Å². The molecule has 5 rings (SSSR count). The van der Waals surface area contributed by atoms with E-state index in [0.717, 1.165) is 40.6 Å². The van der Waals surface area contributed by atoms with Gasteiger partial charge in [0.2, 0.25) is 0 Å². The number of methoxy groups -OCH3 is 1. The van der Waals surface area contributed by atoms with Crippen LogP contribution in [0.25, 0.3) is 27.7 Å². The molecule has 1 heterocycles. The van der Waals surface area contributed by atoms with Crippen molar-refractivity contribution in [3.63, 3.8) is 0 Å². The molecule has 3 aromatic carbocycles. The van der Waals surface area contributed by atoms with Crippen molar-refractivity contribution in [1.82, 2.24) is 4.57 Å². The molecule has 0 N–H and O–H groups in total. The Balaban J connectivity index is 1.76. The van der Waals surface area contributed by atoms with Crippen molar-refractivity contribution in [2.24, 2.45) is 5.41 Å². The predicted octanol–water partition coefficient (Wildman–Crippen LogP) is 6.22. The summed E-state index contributed by atoms with van der Waals surface area (Å²) in [6, 6.07) is 22.8. The van der Waals surface area contributed by atoms with Crippen LogP contribution in [0.3, 0.4) is 0 Å². The average Bonchev–Trinajstić information content (AvgIpc) is 3.41. The van der Waals surface area contributed by atoms with Crippen LogP contribution in [-0.4, -0.2) is 17.6 Å². The molecule has 0 saturated heterocycles. The van der Waals surface area contributed by atoms with Crippen LogP contribution < -0.4 is 0 Å². The van der Waals surface area contributed by atoms with Gasteiger partial charge in [-0.15, -0.1) is 24.7 Å². The lowest BCUT2D eigenvalue weighted by atomic mass is 9.79. The van der Waals surface area contributed by atoms with Gasteiger partial charge in [0.05, 0.1) is 23.9 Å². The number of fused-ring (bicyclic) bond motifs is 2. The standard InChI is InChI=1S/C31H25NO2/c1-4-15-31(16-5-2)19-23-17-26(22-11-7-6-8-12-22)29(18-24(23)20-31)32-21-27(30(33)34-3)25-13-9-10-14-28(25)32/h1-2,6-14,17-18,21H,15-16,19-20H2,3H3. The Morgan fingerprint density at radius 3 is 2.29 bits per heavy atom. The average molecular weight is 444 g/mol. The van der Waals surface area contributed by atoms with Crippen LogP contribution in [0, 0.1) is 30.1 Å². The van der Waals surface area contributed by atoms with Crippen molar-refractivity contribution in [1.29, 1.82) is 0 Å². The first-order valence-electron chi connectivity index (χ1n) is 11.4. The number of ether oxygens (including phenoxy) is 1. The number of esters is 1. The predicted molar refractivity (Wildman–Crippen MR) is 137 cm³/mol. The Kier molecular flexibility index (Phi) is 5.48. The Bertz CT molecular complexity index is 1460. The van der Waals surface area contributed by atoms with Gasteiger partial charge < -0.3 is 9.30 Å².